The zero-order valence-corrected chi connectivity index (χ0v) is 69.2. The molecule has 1 unspecified atom stereocenters. The minimum Gasteiger partial charge on any atom is -1.00 e. The number of hydrogen-bond acceptors (Lipinski definition) is 14. The normalized spacial score (nSPS) is 16.2. The van der Waals surface area contributed by atoms with Gasteiger partial charge in [-0.05, 0) is 205 Å². The molecule has 4 N–H and O–H groups in total. The molecular formula is C84H126AlBr2LiN7NaO12. The standard InChI is InChI=1S/C15H19BrO2.C15H19N3O2.C15H23NO2.C15H20O2.C8H8O2.C7H13Br.2C4H8O.CH4.Al.Li.N3.Na.4H/c16-10-15(17)13-7-4-8-14(9-13)18-11-12-5-2-1-3-6-12;16-18-17-10-15(19)13-7-4-8-14(9-13)20-11-12-5-2-1-3-6-12;16-10-15(17)13-7-4-8-14(9-13)18-11-12-5-2-1-3-6-12;1-12(16)14-8-5-9-15(10-14)17-11-13-6-3-2-4-7-13;1-6(9)7-3-2-4-8(10)5-7;8-6-7-4-2-1-3-5-7;2*1-2-4-5-3-1;;;;1-3-2;;;;;/h4,7-9,12H,1-3,5-6,10-11H2;4,7-9,12H,1-3,5-6,10-11H2;4,7-9,12,15,17H,1-3,5-6,10-11,16H2;5,8-10,13H,2-4,6-7,11H2,1H3;2-5,10H,1H3;7H,1-6H2;2*1-4H2;1H4;;;;;;;;/q;;;;;;;;;;+1;-1;+1;;;;-1. The molecular weight excluding hydrogens is 1520 g/mol. The number of aliphatic hydroxyl groups is 1. The average Bonchev–Trinajstić information content (AvgIpc) is 1.17. The molecule has 5 aliphatic carbocycles. The van der Waals surface area contributed by atoms with E-state index < -0.39 is 6.10 Å². The maximum atomic E-state index is 11.7. The van der Waals surface area contributed by atoms with E-state index in [1.54, 1.807) is 37.3 Å². The second-order valence-corrected chi connectivity index (χ2v) is 28.8. The number of aliphatic hydroxyl groups excluding tert-OH is 1. The van der Waals surface area contributed by atoms with Gasteiger partial charge in [0.2, 0.25) is 0 Å². The van der Waals surface area contributed by atoms with Crippen molar-refractivity contribution in [2.45, 2.75) is 214 Å². The van der Waals surface area contributed by atoms with Crippen LogP contribution >= 0.6 is 31.9 Å². The molecule has 0 amide bonds. The predicted octanol–water partition coefficient (Wildman–Crippen LogP) is 15.4. The van der Waals surface area contributed by atoms with Crippen LogP contribution < -0.4 is 73.1 Å². The Hall–Kier alpha value is -4.67. The summed E-state index contributed by atoms with van der Waals surface area (Å²) in [6.45, 7) is 10.2. The Morgan fingerprint density at radius 3 is 1.08 bits per heavy atom. The van der Waals surface area contributed by atoms with E-state index in [0.29, 0.717) is 58.0 Å². The number of nitrogens with zero attached hydrogens (tertiary/aromatic N) is 6. The van der Waals surface area contributed by atoms with Gasteiger partial charge in [-0.1, -0.05) is 201 Å². The topological polar surface area (TPSA) is 298 Å². The van der Waals surface area contributed by atoms with Gasteiger partial charge >= 0.3 is 48.4 Å². The summed E-state index contributed by atoms with van der Waals surface area (Å²) in [4.78, 5) is 49.3. The third-order valence-electron chi connectivity index (χ3n) is 19.1. The molecule has 2 saturated heterocycles. The summed E-state index contributed by atoms with van der Waals surface area (Å²) < 4.78 is 33.1. The first kappa shape index (κ1) is 103. The maximum Gasteiger partial charge on any atom is 1.00 e. The number of Topliss-reactive ketones (excluding diaryl/α,β-unsaturated/α-hetero) is 4. The van der Waals surface area contributed by atoms with E-state index in [9.17, 15) is 24.3 Å². The monoisotopic (exact) mass is 1640 g/mol. The summed E-state index contributed by atoms with van der Waals surface area (Å²) in [7, 11) is 0. The Kier molecular flexibility index (Phi) is 64.0. The van der Waals surface area contributed by atoms with Crippen molar-refractivity contribution in [3.8, 4) is 28.7 Å². The molecule has 2 heterocycles. The third-order valence-corrected chi connectivity index (χ3v) is 20.5. The molecule has 108 heavy (non-hydrogen) atoms. The molecule has 5 aromatic rings. The van der Waals surface area contributed by atoms with Crippen LogP contribution in [0.15, 0.2) is 126 Å². The molecule has 1 atom stereocenters. The molecule has 588 valence electrons. The number of phenols is 1. The second-order valence-electron chi connectivity index (χ2n) is 27.6. The van der Waals surface area contributed by atoms with Crippen LogP contribution in [0.2, 0.25) is 0 Å². The van der Waals surface area contributed by atoms with Crippen LogP contribution in [0.3, 0.4) is 0 Å². The number of nitrogens with two attached hydrogens (primary N) is 1. The maximum absolute atomic E-state index is 11.7. The van der Waals surface area contributed by atoms with Crippen molar-refractivity contribution >= 4 is 72.4 Å². The van der Waals surface area contributed by atoms with Gasteiger partial charge in [0, 0.05) is 65.5 Å². The van der Waals surface area contributed by atoms with E-state index in [2.05, 4.69) is 41.9 Å². The first-order chi connectivity index (χ1) is 50.7. The molecule has 5 saturated carbocycles. The van der Waals surface area contributed by atoms with Gasteiger partial charge in [-0.2, -0.15) is 0 Å². The van der Waals surface area contributed by atoms with E-state index in [-0.39, 0.29) is 117 Å². The summed E-state index contributed by atoms with van der Waals surface area (Å²) in [6.07, 6.45) is 38.0. The number of ketones is 4. The number of azide groups is 1. The summed E-state index contributed by atoms with van der Waals surface area (Å²) in [6, 6.07) is 35.9. The molecule has 7 aliphatic rings. The number of aromatic hydroxyl groups is 1. The van der Waals surface area contributed by atoms with Gasteiger partial charge in [0.25, 0.3) is 0 Å². The molecule has 0 bridgehead atoms. The van der Waals surface area contributed by atoms with E-state index in [1.807, 2.05) is 78.9 Å². The van der Waals surface area contributed by atoms with Crippen molar-refractivity contribution < 1.29 is 108 Å². The van der Waals surface area contributed by atoms with Crippen molar-refractivity contribution in [3.63, 3.8) is 0 Å². The van der Waals surface area contributed by atoms with Crippen LogP contribution in [0, 0.1) is 29.6 Å². The molecule has 0 radical (unpaired) electrons. The first-order valence-electron chi connectivity index (χ1n) is 38.1. The molecule has 0 spiro atoms. The van der Waals surface area contributed by atoms with Crippen molar-refractivity contribution in [2.75, 3.05) is 76.6 Å². The van der Waals surface area contributed by atoms with Gasteiger partial charge in [-0.3, -0.25) is 24.1 Å². The number of alkyl halides is 2. The minimum absolute atomic E-state index is 0. The third kappa shape index (κ3) is 48.3. The quantitative estimate of drug-likeness (QED) is 0.0145. The largest absolute Gasteiger partial charge is 1.00 e. The Bertz CT molecular complexity index is 3230. The smallest absolute Gasteiger partial charge is 1.00 e. The number of phenolic OH excluding ortho intramolecular Hbond substituents is 1. The molecule has 5 aromatic carbocycles. The van der Waals surface area contributed by atoms with Gasteiger partial charge in [-0.25, -0.2) is 0 Å². The number of benzene rings is 5. The molecule has 0 aromatic heterocycles. The minimum atomic E-state index is -0.594. The van der Waals surface area contributed by atoms with Crippen molar-refractivity contribution in [1.82, 2.24) is 0 Å². The van der Waals surface area contributed by atoms with Crippen molar-refractivity contribution in [2.24, 2.45) is 40.4 Å². The SMILES string of the molecule is BrCC1CCCCC1.C.C1CCOC1.C1CCOC1.CC(=O)c1cccc(O)c1.CC(=O)c1cccc(OCC2CCCCC2)c1.NCC(O)c1cccc(OCC2CCCCC2)c1.O=C(CBr)c1cccc(OCC2CCCCC2)c1.[AlH3].[H-].[Li+].[N-]=[N+]=NCC(=O)c1cccc(OCC2CCCCC2)c1.[N-]=[N+]=[N-].[Na+]. The summed E-state index contributed by atoms with van der Waals surface area (Å²) in [5, 5.41) is 23.5. The fourth-order valence-corrected chi connectivity index (χ4v) is 13.9. The first-order valence-corrected chi connectivity index (χ1v) is 40.4. The van der Waals surface area contributed by atoms with E-state index >= 15 is 0 Å². The van der Waals surface area contributed by atoms with Crippen molar-refractivity contribution in [1.29, 1.82) is 0 Å². The molecule has 12 rings (SSSR count). The Labute approximate surface area is 708 Å². The summed E-state index contributed by atoms with van der Waals surface area (Å²) >= 11 is 6.70. The zero-order chi connectivity index (χ0) is 75.0. The van der Waals surface area contributed by atoms with Gasteiger partial charge in [0.05, 0.1) is 44.4 Å². The Morgan fingerprint density at radius 2 is 0.796 bits per heavy atom. The van der Waals surface area contributed by atoms with Crippen LogP contribution in [0.25, 0.3) is 26.4 Å². The van der Waals surface area contributed by atoms with Gasteiger partial charge in [0.15, 0.2) is 40.5 Å². The second kappa shape index (κ2) is 66.9. The number of carbonyl (C=O) groups is 4. The number of ether oxygens (including phenoxy) is 6. The Morgan fingerprint density at radius 1 is 0.491 bits per heavy atom. The van der Waals surface area contributed by atoms with Gasteiger partial charge in [-0.15, -0.1) is 0 Å². The van der Waals surface area contributed by atoms with Crippen LogP contribution in [0.1, 0.15) is 262 Å². The Balaban J connectivity index is 0. The fourth-order valence-electron chi connectivity index (χ4n) is 12.9. The van der Waals surface area contributed by atoms with Crippen molar-refractivity contribution in [3.05, 3.63) is 176 Å². The molecule has 24 heteroatoms. The van der Waals surface area contributed by atoms with Crippen LogP contribution in [-0.2, 0) is 9.47 Å². The zero-order valence-electron chi connectivity index (χ0n) is 65.0. The fraction of sp³-hybridized carbons (Fsp3) is 0.595. The molecule has 2 aliphatic heterocycles. The van der Waals surface area contributed by atoms with Gasteiger partial charge in [0.1, 0.15) is 28.7 Å². The average molecular weight is 1640 g/mol. The molecule has 19 nitrogen and oxygen atoms in total. The number of halogens is 2. The summed E-state index contributed by atoms with van der Waals surface area (Å²) in [5.74, 6) is 7.00. The van der Waals surface area contributed by atoms with Crippen LogP contribution in [-0.4, -0.2) is 127 Å². The number of rotatable bonds is 22. The van der Waals surface area contributed by atoms with Gasteiger partial charge < -0.3 is 56.9 Å². The molecule has 7 fully saturated rings. The van der Waals surface area contributed by atoms with Crippen LogP contribution in [0.4, 0.5) is 0 Å². The predicted molar refractivity (Wildman–Crippen MR) is 441 cm³/mol. The van der Waals surface area contributed by atoms with E-state index in [1.165, 1.54) is 216 Å². The van der Waals surface area contributed by atoms with Crippen LogP contribution in [0.5, 0.6) is 28.7 Å². The van der Waals surface area contributed by atoms with E-state index in [4.69, 9.17) is 55.9 Å². The summed E-state index contributed by atoms with van der Waals surface area (Å²) in [5.41, 5.74) is 30.5. The number of carbonyl (C=O) groups excluding carboxylic acids is 4. The number of hydrogen-bond donors (Lipinski definition) is 3. The van der Waals surface area contributed by atoms with E-state index in [0.717, 1.165) is 80.5 Å².